The Bertz CT molecular complexity index is 735. The lowest BCUT2D eigenvalue weighted by atomic mass is 10.1. The van der Waals surface area contributed by atoms with E-state index in [9.17, 15) is 14.7 Å². The number of rotatable bonds is 5. The zero-order valence-electron chi connectivity index (χ0n) is 12.4. The summed E-state index contributed by atoms with van der Waals surface area (Å²) in [4.78, 5) is 29.5. The molecule has 2 aromatic heterocycles. The highest BCUT2D eigenvalue weighted by Gasteiger charge is 2.39. The molecule has 0 aliphatic heterocycles. The summed E-state index contributed by atoms with van der Waals surface area (Å²) in [6.07, 6.45) is 3.77. The van der Waals surface area contributed by atoms with Crippen LogP contribution in [0.15, 0.2) is 16.8 Å². The summed E-state index contributed by atoms with van der Waals surface area (Å²) in [6.45, 7) is 3.47. The van der Waals surface area contributed by atoms with Crippen LogP contribution >= 0.6 is 0 Å². The maximum Gasteiger partial charge on any atom is 0.326 e. The zero-order valence-corrected chi connectivity index (χ0v) is 12.4. The molecule has 1 fully saturated rings. The van der Waals surface area contributed by atoms with E-state index in [0.717, 1.165) is 18.5 Å². The average molecular weight is 303 g/mol. The summed E-state index contributed by atoms with van der Waals surface area (Å²) in [5.74, 6) is -1.32. The van der Waals surface area contributed by atoms with Crippen molar-refractivity contribution in [2.24, 2.45) is 0 Å². The highest BCUT2D eigenvalue weighted by Crippen LogP contribution is 2.30. The van der Waals surface area contributed by atoms with E-state index < -0.39 is 12.0 Å². The number of carboxylic acid groups (broad SMARTS) is 1. The third kappa shape index (κ3) is 2.43. The number of aliphatic carboxylic acids is 1. The summed E-state index contributed by atoms with van der Waals surface area (Å²) in [6, 6.07) is 0.829. The van der Waals surface area contributed by atoms with Gasteiger partial charge >= 0.3 is 5.97 Å². The molecule has 1 unspecified atom stereocenters. The van der Waals surface area contributed by atoms with Gasteiger partial charge in [-0.3, -0.25) is 4.79 Å². The van der Waals surface area contributed by atoms with Gasteiger partial charge in [0.2, 0.25) is 0 Å². The number of nitrogens with zero attached hydrogens (tertiary/aromatic N) is 3. The van der Waals surface area contributed by atoms with Crippen LogP contribution in [0.25, 0.3) is 11.1 Å². The minimum Gasteiger partial charge on any atom is -0.480 e. The van der Waals surface area contributed by atoms with Gasteiger partial charge in [-0.25, -0.2) is 9.78 Å². The van der Waals surface area contributed by atoms with E-state index in [-0.39, 0.29) is 11.9 Å². The van der Waals surface area contributed by atoms with E-state index in [4.69, 9.17) is 4.52 Å². The van der Waals surface area contributed by atoms with Crippen molar-refractivity contribution in [3.05, 3.63) is 23.5 Å². The normalized spacial score (nSPS) is 15.7. The highest BCUT2D eigenvalue weighted by molar-refractivity contribution is 5.99. The van der Waals surface area contributed by atoms with Crippen LogP contribution in [0.3, 0.4) is 0 Å². The van der Waals surface area contributed by atoms with E-state index in [1.807, 2.05) is 6.92 Å². The van der Waals surface area contributed by atoms with E-state index in [1.165, 1.54) is 18.0 Å². The first kappa shape index (κ1) is 14.5. The number of aromatic nitrogens is 2. The van der Waals surface area contributed by atoms with Gasteiger partial charge in [0, 0.05) is 12.2 Å². The lowest BCUT2D eigenvalue weighted by Crippen LogP contribution is -2.44. The van der Waals surface area contributed by atoms with Crippen LogP contribution in [0, 0.1) is 0 Å². The number of carbonyl (C=O) groups is 2. The summed E-state index contributed by atoms with van der Waals surface area (Å²) in [7, 11) is 0. The summed E-state index contributed by atoms with van der Waals surface area (Å²) >= 11 is 0. The van der Waals surface area contributed by atoms with Crippen LogP contribution in [0.1, 0.15) is 42.7 Å². The van der Waals surface area contributed by atoms with Gasteiger partial charge in [-0.05, 0) is 32.3 Å². The number of amides is 1. The second kappa shape index (κ2) is 5.40. The fourth-order valence-corrected chi connectivity index (χ4v) is 2.53. The van der Waals surface area contributed by atoms with Crippen molar-refractivity contribution in [1.29, 1.82) is 0 Å². The topological polar surface area (TPSA) is 96.5 Å². The quantitative estimate of drug-likeness (QED) is 0.905. The third-order valence-electron chi connectivity index (χ3n) is 3.94. The molecule has 7 nitrogen and oxygen atoms in total. The average Bonchev–Trinajstić information content (AvgIpc) is 3.25. The van der Waals surface area contributed by atoms with Crippen molar-refractivity contribution in [1.82, 2.24) is 15.0 Å². The van der Waals surface area contributed by atoms with Crippen molar-refractivity contribution in [3.63, 3.8) is 0 Å². The van der Waals surface area contributed by atoms with Crippen molar-refractivity contribution in [3.8, 4) is 0 Å². The Labute approximate surface area is 126 Å². The Morgan fingerprint density at radius 1 is 1.50 bits per heavy atom. The molecule has 116 valence electrons. The molecule has 2 heterocycles. The molecule has 0 aromatic carbocycles. The third-order valence-corrected chi connectivity index (χ3v) is 3.94. The molecule has 7 heteroatoms. The fraction of sp³-hybridized carbons (Fsp3) is 0.467. The molecule has 1 saturated carbocycles. The smallest absolute Gasteiger partial charge is 0.326 e. The van der Waals surface area contributed by atoms with E-state index in [2.05, 4.69) is 10.1 Å². The first-order valence-corrected chi connectivity index (χ1v) is 7.32. The van der Waals surface area contributed by atoms with Crippen LogP contribution in [0.4, 0.5) is 0 Å². The molecule has 1 aliphatic carbocycles. The predicted molar refractivity (Wildman–Crippen MR) is 77.5 cm³/mol. The minimum absolute atomic E-state index is 0.00224. The highest BCUT2D eigenvalue weighted by atomic mass is 16.5. The van der Waals surface area contributed by atoms with Crippen LogP contribution < -0.4 is 0 Å². The van der Waals surface area contributed by atoms with E-state index in [0.29, 0.717) is 23.1 Å². The Hall–Kier alpha value is -2.44. The summed E-state index contributed by atoms with van der Waals surface area (Å²) in [5, 5.41) is 13.8. The van der Waals surface area contributed by atoms with E-state index in [1.54, 1.807) is 6.07 Å². The number of fused-ring (bicyclic) bond motifs is 1. The molecule has 1 aliphatic rings. The lowest BCUT2D eigenvalue weighted by molar-refractivity contribution is -0.141. The maximum absolute atomic E-state index is 12.7. The Balaban J connectivity index is 1.97. The van der Waals surface area contributed by atoms with Gasteiger partial charge in [0.15, 0.2) is 0 Å². The number of pyridine rings is 1. The number of aryl methyl sites for hydroxylation is 1. The van der Waals surface area contributed by atoms with Crippen molar-refractivity contribution < 1.29 is 19.2 Å². The SMILES string of the molecule is CCc1noc2ncc(C(=O)N(C3CC3)C(C)C(=O)O)cc12. The number of hydrogen-bond acceptors (Lipinski definition) is 5. The van der Waals surface area contributed by atoms with Gasteiger partial charge in [0.1, 0.15) is 6.04 Å². The van der Waals surface area contributed by atoms with Crippen LogP contribution in [0.5, 0.6) is 0 Å². The molecular weight excluding hydrogens is 286 g/mol. The monoisotopic (exact) mass is 303 g/mol. The second-order valence-electron chi connectivity index (χ2n) is 5.52. The predicted octanol–water partition coefficient (Wildman–Crippen LogP) is 1.86. The maximum atomic E-state index is 12.7. The lowest BCUT2D eigenvalue weighted by Gasteiger charge is -2.26. The first-order valence-electron chi connectivity index (χ1n) is 7.32. The van der Waals surface area contributed by atoms with Crippen molar-refractivity contribution in [2.45, 2.75) is 45.2 Å². The Kier molecular flexibility index (Phi) is 3.56. The van der Waals surface area contributed by atoms with E-state index >= 15 is 0 Å². The van der Waals surface area contributed by atoms with Crippen molar-refractivity contribution in [2.75, 3.05) is 0 Å². The molecule has 0 radical (unpaired) electrons. The van der Waals surface area contributed by atoms with Gasteiger partial charge in [0.05, 0.1) is 16.6 Å². The first-order chi connectivity index (χ1) is 10.5. The van der Waals surface area contributed by atoms with Gasteiger partial charge in [-0.1, -0.05) is 12.1 Å². The zero-order chi connectivity index (χ0) is 15.9. The van der Waals surface area contributed by atoms with Crippen LogP contribution in [-0.2, 0) is 11.2 Å². The Morgan fingerprint density at radius 2 is 2.23 bits per heavy atom. The van der Waals surface area contributed by atoms with Crippen LogP contribution in [0.2, 0.25) is 0 Å². The molecule has 2 aromatic rings. The summed E-state index contributed by atoms with van der Waals surface area (Å²) in [5.41, 5.74) is 1.49. The van der Waals surface area contributed by atoms with Gasteiger partial charge < -0.3 is 14.5 Å². The largest absolute Gasteiger partial charge is 0.480 e. The molecule has 1 atom stereocenters. The molecule has 0 bridgehead atoms. The molecule has 1 amide bonds. The molecule has 22 heavy (non-hydrogen) atoms. The van der Waals surface area contributed by atoms with Crippen LogP contribution in [-0.4, -0.2) is 44.1 Å². The second-order valence-corrected chi connectivity index (χ2v) is 5.52. The number of carbonyl (C=O) groups excluding carboxylic acids is 1. The number of carboxylic acids is 1. The molecule has 3 rings (SSSR count). The fourth-order valence-electron chi connectivity index (χ4n) is 2.53. The molecular formula is C15H17N3O4. The van der Waals surface area contributed by atoms with Gasteiger partial charge in [0.25, 0.3) is 11.6 Å². The minimum atomic E-state index is -1.01. The van der Waals surface area contributed by atoms with Gasteiger partial charge in [-0.2, -0.15) is 0 Å². The van der Waals surface area contributed by atoms with Gasteiger partial charge in [-0.15, -0.1) is 0 Å². The molecule has 0 spiro atoms. The summed E-state index contributed by atoms with van der Waals surface area (Å²) < 4.78 is 5.10. The molecule has 1 N–H and O–H groups in total. The Morgan fingerprint density at radius 3 is 2.82 bits per heavy atom. The van der Waals surface area contributed by atoms with Crippen molar-refractivity contribution >= 4 is 23.0 Å². The number of hydrogen-bond donors (Lipinski definition) is 1. The molecule has 0 saturated heterocycles. The standard InChI is InChI=1S/C15H17N3O4/c1-3-12-11-6-9(7-16-13(11)22-17-12)14(19)18(10-4-5-10)8(2)15(20)21/h6-8,10H,3-5H2,1-2H3,(H,20,21).